The molecule has 0 fully saturated rings. The van der Waals surface area contributed by atoms with Gasteiger partial charge in [0.05, 0.1) is 0 Å². The summed E-state index contributed by atoms with van der Waals surface area (Å²) in [5, 5.41) is 0. The van der Waals surface area contributed by atoms with Crippen LogP contribution >= 0.6 is 0 Å². The van der Waals surface area contributed by atoms with Crippen LogP contribution in [0.3, 0.4) is 0 Å². The Morgan fingerprint density at radius 1 is 1.07 bits per heavy atom. The van der Waals surface area contributed by atoms with Gasteiger partial charge in [-0.25, -0.2) is 0 Å². The third kappa shape index (κ3) is 6.96. The van der Waals surface area contributed by atoms with Gasteiger partial charge in [0.15, 0.2) is 0 Å². The highest BCUT2D eigenvalue weighted by Crippen LogP contribution is 2.09. The maximum atomic E-state index is 3.91. The standard InChI is InChI=1S/C14H20.CH4/c1-13(2)9-5-3-6-10-14-11-7-4-8-12-14;/h4,7-8,11-12H,1,3,5-6,9-10H2,2H3;1H4. The molecule has 0 spiro atoms. The summed E-state index contributed by atoms with van der Waals surface area (Å²) in [5.41, 5.74) is 2.77. The smallest absolute Gasteiger partial charge is 0.0279 e. The van der Waals surface area contributed by atoms with Gasteiger partial charge in [0.25, 0.3) is 0 Å². The third-order valence-electron chi connectivity index (χ3n) is 2.41. The van der Waals surface area contributed by atoms with Gasteiger partial charge in [-0.3, -0.25) is 0 Å². The predicted molar refractivity (Wildman–Crippen MR) is 70.2 cm³/mol. The van der Waals surface area contributed by atoms with Gasteiger partial charge in [-0.2, -0.15) is 0 Å². The molecule has 0 radical (unpaired) electrons. The molecule has 1 aromatic rings. The van der Waals surface area contributed by atoms with Crippen molar-refractivity contribution in [3.05, 3.63) is 48.0 Å². The van der Waals surface area contributed by atoms with Gasteiger partial charge in [0.2, 0.25) is 0 Å². The highest BCUT2D eigenvalue weighted by atomic mass is 14.0. The van der Waals surface area contributed by atoms with E-state index < -0.39 is 0 Å². The lowest BCUT2D eigenvalue weighted by Gasteiger charge is -2.01. The molecule has 0 atom stereocenters. The summed E-state index contributed by atoms with van der Waals surface area (Å²) in [6.45, 7) is 6.02. The van der Waals surface area contributed by atoms with Gasteiger partial charge in [-0.1, -0.05) is 49.8 Å². The lowest BCUT2D eigenvalue weighted by molar-refractivity contribution is 0.676. The molecule has 0 aliphatic carbocycles. The van der Waals surface area contributed by atoms with E-state index in [1.54, 1.807) is 0 Å². The summed E-state index contributed by atoms with van der Waals surface area (Å²) in [6, 6.07) is 10.7. The van der Waals surface area contributed by atoms with E-state index in [9.17, 15) is 0 Å². The lowest BCUT2D eigenvalue weighted by atomic mass is 10.0. The van der Waals surface area contributed by atoms with Crippen molar-refractivity contribution < 1.29 is 0 Å². The SMILES string of the molecule is C.C=C(C)CCCCCc1ccccc1. The largest absolute Gasteiger partial charge is 0.100 e. The second-order valence-electron chi connectivity index (χ2n) is 4.00. The van der Waals surface area contributed by atoms with Crippen LogP contribution in [0, 0.1) is 0 Å². The van der Waals surface area contributed by atoms with Crippen LogP contribution in [-0.2, 0) is 6.42 Å². The molecular weight excluding hydrogens is 180 g/mol. The molecular formula is C15H24. The number of hydrogen-bond donors (Lipinski definition) is 0. The monoisotopic (exact) mass is 204 g/mol. The molecule has 0 heterocycles. The molecule has 0 nitrogen and oxygen atoms in total. The molecule has 0 aliphatic heterocycles. The quantitative estimate of drug-likeness (QED) is 0.452. The van der Waals surface area contributed by atoms with Crippen molar-refractivity contribution in [2.45, 2.75) is 46.5 Å². The van der Waals surface area contributed by atoms with Crippen molar-refractivity contribution in [3.8, 4) is 0 Å². The molecule has 0 saturated heterocycles. The van der Waals surface area contributed by atoms with Crippen molar-refractivity contribution >= 4 is 0 Å². The summed E-state index contributed by atoms with van der Waals surface area (Å²) >= 11 is 0. The number of hydrogen-bond acceptors (Lipinski definition) is 0. The fourth-order valence-electron chi connectivity index (χ4n) is 1.58. The molecule has 84 valence electrons. The zero-order chi connectivity index (χ0) is 10.2. The second kappa shape index (κ2) is 8.28. The molecule has 0 amide bonds. The topological polar surface area (TPSA) is 0 Å². The van der Waals surface area contributed by atoms with E-state index in [1.807, 2.05) is 0 Å². The van der Waals surface area contributed by atoms with Crippen molar-refractivity contribution in [2.75, 3.05) is 0 Å². The summed E-state index contributed by atoms with van der Waals surface area (Å²) in [5.74, 6) is 0. The molecule has 0 heteroatoms. The normalized spacial score (nSPS) is 9.40. The Kier molecular flexibility index (Phi) is 7.71. The minimum Gasteiger partial charge on any atom is -0.100 e. The van der Waals surface area contributed by atoms with Gasteiger partial charge < -0.3 is 0 Å². The van der Waals surface area contributed by atoms with Crippen LogP contribution in [0.1, 0.15) is 45.6 Å². The van der Waals surface area contributed by atoms with Crippen molar-refractivity contribution in [1.29, 1.82) is 0 Å². The minimum atomic E-state index is 0. The van der Waals surface area contributed by atoms with Gasteiger partial charge in [-0.05, 0) is 38.2 Å². The fraction of sp³-hybridized carbons (Fsp3) is 0.467. The third-order valence-corrected chi connectivity index (χ3v) is 2.41. The number of benzene rings is 1. The predicted octanol–water partition coefficient (Wildman–Crippen LogP) is 5.00. The molecule has 0 N–H and O–H groups in total. The first-order chi connectivity index (χ1) is 6.79. The number of unbranched alkanes of at least 4 members (excludes halogenated alkanes) is 2. The number of rotatable bonds is 6. The van der Waals surface area contributed by atoms with Crippen molar-refractivity contribution in [1.82, 2.24) is 0 Å². The first-order valence-corrected chi connectivity index (χ1v) is 5.47. The molecule has 0 saturated carbocycles. The highest BCUT2D eigenvalue weighted by molar-refractivity contribution is 5.14. The summed E-state index contributed by atoms with van der Waals surface area (Å²) in [7, 11) is 0. The molecule has 0 unspecified atom stereocenters. The average molecular weight is 204 g/mol. The number of allylic oxidation sites excluding steroid dienone is 1. The molecule has 1 aromatic carbocycles. The van der Waals surface area contributed by atoms with Gasteiger partial charge in [0, 0.05) is 0 Å². The lowest BCUT2D eigenvalue weighted by Crippen LogP contribution is -1.85. The Morgan fingerprint density at radius 3 is 2.33 bits per heavy atom. The molecule has 0 bridgehead atoms. The molecule has 1 rings (SSSR count). The van der Waals surface area contributed by atoms with Crippen molar-refractivity contribution in [3.63, 3.8) is 0 Å². The zero-order valence-corrected chi connectivity index (χ0v) is 9.13. The van der Waals surface area contributed by atoms with Crippen LogP contribution in [0.25, 0.3) is 0 Å². The summed E-state index contributed by atoms with van der Waals surface area (Å²) < 4.78 is 0. The van der Waals surface area contributed by atoms with E-state index in [0.29, 0.717) is 0 Å². The van der Waals surface area contributed by atoms with E-state index in [-0.39, 0.29) is 7.43 Å². The highest BCUT2D eigenvalue weighted by Gasteiger charge is 1.92. The van der Waals surface area contributed by atoms with Crippen LogP contribution in [-0.4, -0.2) is 0 Å². The first-order valence-electron chi connectivity index (χ1n) is 5.47. The maximum Gasteiger partial charge on any atom is -0.0279 e. The average Bonchev–Trinajstić information content (AvgIpc) is 2.18. The Hall–Kier alpha value is -1.04. The van der Waals surface area contributed by atoms with Crippen LogP contribution < -0.4 is 0 Å². The van der Waals surface area contributed by atoms with Crippen LogP contribution in [0.2, 0.25) is 0 Å². The van der Waals surface area contributed by atoms with Crippen LogP contribution in [0.4, 0.5) is 0 Å². The molecule has 15 heavy (non-hydrogen) atoms. The van der Waals surface area contributed by atoms with Crippen LogP contribution in [0.15, 0.2) is 42.5 Å². The second-order valence-corrected chi connectivity index (χ2v) is 4.00. The van der Waals surface area contributed by atoms with E-state index in [1.165, 1.54) is 43.2 Å². The van der Waals surface area contributed by atoms with E-state index in [0.717, 1.165) is 0 Å². The summed E-state index contributed by atoms with van der Waals surface area (Å²) in [6.07, 6.45) is 6.33. The first kappa shape index (κ1) is 14.0. The van der Waals surface area contributed by atoms with E-state index in [4.69, 9.17) is 0 Å². The van der Waals surface area contributed by atoms with Gasteiger partial charge in [-0.15, -0.1) is 6.58 Å². The zero-order valence-electron chi connectivity index (χ0n) is 9.13. The Bertz CT molecular complexity index is 259. The summed E-state index contributed by atoms with van der Waals surface area (Å²) in [4.78, 5) is 0. The van der Waals surface area contributed by atoms with E-state index >= 15 is 0 Å². The van der Waals surface area contributed by atoms with E-state index in [2.05, 4.69) is 43.8 Å². The van der Waals surface area contributed by atoms with Crippen molar-refractivity contribution in [2.24, 2.45) is 0 Å². The Labute approximate surface area is 95.0 Å². The number of aryl methyl sites for hydroxylation is 1. The maximum absolute atomic E-state index is 3.91. The fourth-order valence-corrected chi connectivity index (χ4v) is 1.58. The van der Waals surface area contributed by atoms with Gasteiger partial charge >= 0.3 is 0 Å². The Morgan fingerprint density at radius 2 is 1.73 bits per heavy atom. The van der Waals surface area contributed by atoms with Crippen LogP contribution in [0.5, 0.6) is 0 Å². The molecule has 0 aliphatic rings. The minimum absolute atomic E-state index is 0. The Balaban J connectivity index is 0.00000196. The molecule has 0 aromatic heterocycles. The van der Waals surface area contributed by atoms with Gasteiger partial charge in [0.1, 0.15) is 0 Å².